The second-order valence-corrected chi connectivity index (χ2v) is 19.6. The smallest absolute Gasteiger partial charge is 0.335 e. The molecule has 6 atom stereocenters. The zero-order chi connectivity index (χ0) is 54.7. The molecular formula is C63H102O12. The van der Waals surface area contributed by atoms with Crippen LogP contribution in [0.4, 0.5) is 0 Å². The van der Waals surface area contributed by atoms with E-state index in [1.54, 1.807) is 6.08 Å². The molecule has 0 saturated carbocycles. The van der Waals surface area contributed by atoms with Crippen LogP contribution in [0.1, 0.15) is 226 Å². The van der Waals surface area contributed by atoms with Crippen LogP contribution in [0.3, 0.4) is 0 Å². The number of unbranched alkanes of at least 4 members (excludes halogenated alkanes) is 19. The number of esters is 3. The Morgan fingerprint density at radius 2 is 0.880 bits per heavy atom. The van der Waals surface area contributed by atoms with Crippen molar-refractivity contribution in [3.05, 3.63) is 97.2 Å². The highest BCUT2D eigenvalue weighted by Crippen LogP contribution is 2.26. The lowest BCUT2D eigenvalue weighted by Crippen LogP contribution is -2.61. The van der Waals surface area contributed by atoms with Gasteiger partial charge in [-0.05, 0) is 83.5 Å². The number of carbonyl (C=O) groups excluding carboxylic acids is 3. The predicted molar refractivity (Wildman–Crippen MR) is 303 cm³/mol. The molecule has 0 bridgehead atoms. The Balaban J connectivity index is 2.75. The number of hydrogen-bond donors (Lipinski definition) is 3. The number of aliphatic hydroxyl groups excluding tert-OH is 2. The van der Waals surface area contributed by atoms with Gasteiger partial charge in [-0.25, -0.2) is 4.79 Å². The number of carbonyl (C=O) groups is 4. The highest BCUT2D eigenvalue weighted by molar-refractivity contribution is 5.74. The minimum Gasteiger partial charge on any atom is -0.479 e. The first-order chi connectivity index (χ1) is 36.6. The van der Waals surface area contributed by atoms with Crippen LogP contribution in [0.5, 0.6) is 0 Å². The molecule has 6 unspecified atom stereocenters. The Morgan fingerprint density at radius 3 is 1.37 bits per heavy atom. The lowest BCUT2D eigenvalue weighted by atomic mass is 9.98. The molecule has 1 aliphatic heterocycles. The maximum absolute atomic E-state index is 13.1. The van der Waals surface area contributed by atoms with Crippen LogP contribution in [0.2, 0.25) is 0 Å². The van der Waals surface area contributed by atoms with Crippen molar-refractivity contribution in [1.29, 1.82) is 0 Å². The van der Waals surface area contributed by atoms with Crippen molar-refractivity contribution >= 4 is 23.9 Å². The van der Waals surface area contributed by atoms with E-state index in [1.807, 2.05) is 18.2 Å². The van der Waals surface area contributed by atoms with E-state index in [4.69, 9.17) is 23.7 Å². The van der Waals surface area contributed by atoms with E-state index < -0.39 is 67.3 Å². The van der Waals surface area contributed by atoms with Crippen molar-refractivity contribution in [2.45, 2.75) is 263 Å². The molecular weight excluding hydrogens is 949 g/mol. The molecule has 0 aromatic heterocycles. The zero-order valence-corrected chi connectivity index (χ0v) is 46.8. The van der Waals surface area contributed by atoms with Gasteiger partial charge >= 0.3 is 23.9 Å². The van der Waals surface area contributed by atoms with Gasteiger partial charge in [-0.3, -0.25) is 14.4 Å². The maximum atomic E-state index is 13.1. The van der Waals surface area contributed by atoms with Crippen LogP contribution >= 0.6 is 0 Å². The van der Waals surface area contributed by atoms with Crippen LogP contribution in [0, 0.1) is 0 Å². The van der Waals surface area contributed by atoms with Crippen LogP contribution in [-0.2, 0) is 42.9 Å². The Kier molecular flexibility index (Phi) is 46.2. The molecule has 0 spiro atoms. The van der Waals surface area contributed by atoms with Gasteiger partial charge in [0.2, 0.25) is 0 Å². The number of ether oxygens (including phenoxy) is 5. The van der Waals surface area contributed by atoms with Gasteiger partial charge in [0.25, 0.3) is 0 Å². The molecule has 426 valence electrons. The number of hydrogen-bond acceptors (Lipinski definition) is 11. The monoisotopic (exact) mass is 1050 g/mol. The van der Waals surface area contributed by atoms with Crippen molar-refractivity contribution in [3.8, 4) is 0 Å². The molecule has 0 aliphatic carbocycles. The number of carboxylic acids is 1. The molecule has 1 fully saturated rings. The molecule has 0 amide bonds. The summed E-state index contributed by atoms with van der Waals surface area (Å²) >= 11 is 0. The Bertz CT molecular complexity index is 1670. The zero-order valence-electron chi connectivity index (χ0n) is 46.8. The number of aliphatic hydroxyl groups is 2. The van der Waals surface area contributed by atoms with Gasteiger partial charge in [0.05, 0.1) is 13.0 Å². The molecule has 0 aromatic rings. The van der Waals surface area contributed by atoms with Gasteiger partial charge in [0.15, 0.2) is 24.6 Å². The lowest BCUT2D eigenvalue weighted by Gasteiger charge is -2.40. The Labute approximate surface area is 453 Å². The Morgan fingerprint density at radius 1 is 0.467 bits per heavy atom. The number of aliphatic carboxylic acids is 1. The van der Waals surface area contributed by atoms with E-state index in [2.05, 4.69) is 93.7 Å². The van der Waals surface area contributed by atoms with Gasteiger partial charge in [-0.15, -0.1) is 0 Å². The fourth-order valence-corrected chi connectivity index (χ4v) is 8.21. The average molecular weight is 1050 g/mol. The number of rotatable bonds is 48. The van der Waals surface area contributed by atoms with Gasteiger partial charge in [0.1, 0.15) is 18.8 Å². The number of carboxylic acid groups (broad SMARTS) is 1. The molecule has 12 nitrogen and oxygen atoms in total. The molecule has 1 saturated heterocycles. The summed E-state index contributed by atoms with van der Waals surface area (Å²) in [6.07, 6.45) is 54.1. The molecule has 1 heterocycles. The third-order valence-corrected chi connectivity index (χ3v) is 12.7. The van der Waals surface area contributed by atoms with E-state index in [-0.39, 0.29) is 25.9 Å². The second kappa shape index (κ2) is 50.5. The number of allylic oxidation sites excluding steroid dienone is 15. The highest BCUT2D eigenvalue weighted by atomic mass is 16.7. The molecule has 0 aromatic carbocycles. The largest absolute Gasteiger partial charge is 0.479 e. The summed E-state index contributed by atoms with van der Waals surface area (Å²) in [5.74, 6) is -3.31. The second-order valence-electron chi connectivity index (χ2n) is 19.6. The maximum Gasteiger partial charge on any atom is 0.335 e. The van der Waals surface area contributed by atoms with Gasteiger partial charge in [-0.1, -0.05) is 221 Å². The minimum atomic E-state index is -1.92. The summed E-state index contributed by atoms with van der Waals surface area (Å²) in [7, 11) is 0. The molecule has 75 heavy (non-hydrogen) atoms. The van der Waals surface area contributed by atoms with Gasteiger partial charge < -0.3 is 39.0 Å². The summed E-state index contributed by atoms with van der Waals surface area (Å²) in [4.78, 5) is 51.0. The topological polar surface area (TPSA) is 175 Å². The molecule has 1 rings (SSSR count). The fraction of sp³-hybridized carbons (Fsp3) is 0.683. The van der Waals surface area contributed by atoms with Crippen LogP contribution in [0.15, 0.2) is 97.2 Å². The third-order valence-electron chi connectivity index (χ3n) is 12.7. The van der Waals surface area contributed by atoms with Crippen molar-refractivity contribution in [2.75, 3.05) is 13.2 Å². The van der Waals surface area contributed by atoms with Crippen molar-refractivity contribution in [2.24, 2.45) is 0 Å². The lowest BCUT2D eigenvalue weighted by molar-refractivity contribution is -0.301. The Hall–Kier alpha value is -4.36. The summed E-state index contributed by atoms with van der Waals surface area (Å²) in [5, 5.41) is 31.4. The normalized spacial score (nSPS) is 18.9. The fourth-order valence-electron chi connectivity index (χ4n) is 8.21. The van der Waals surface area contributed by atoms with E-state index in [0.29, 0.717) is 19.3 Å². The van der Waals surface area contributed by atoms with Crippen molar-refractivity contribution in [3.63, 3.8) is 0 Å². The van der Waals surface area contributed by atoms with Gasteiger partial charge in [0, 0.05) is 12.8 Å². The summed E-state index contributed by atoms with van der Waals surface area (Å²) < 4.78 is 28.2. The molecule has 0 radical (unpaired) electrons. The average Bonchev–Trinajstić information content (AvgIpc) is 3.39. The third kappa shape index (κ3) is 40.6. The van der Waals surface area contributed by atoms with E-state index in [9.17, 15) is 34.5 Å². The quantitative estimate of drug-likeness (QED) is 0.0228. The summed E-state index contributed by atoms with van der Waals surface area (Å²) in [6, 6.07) is 0. The van der Waals surface area contributed by atoms with Gasteiger partial charge in [-0.2, -0.15) is 0 Å². The standard InChI is InChI=1S/C63H102O12/c1-4-7-10-13-16-19-22-24-26-27-28-29-31-32-35-37-40-43-46-49-55(64)71-52-54(73-56(65)50-47-44-41-39-36-33-30-25-23-20-17-14-11-8-5-2)53-72-63-61(59(68)58(67)60(75-63)62(69)70)74-57(66)51-48-45-42-38-34-21-18-15-12-9-6-3/h8,11,16-17,19-20,24-26,28-30,36,39,44,47,54,58-61,63,67-68H,4-7,9-10,12-15,18,21-23,27,31-35,37-38,40-43,45-46,48-53H2,1-3H3,(H,69,70)/b11-8-,19-16-,20-17-,26-24-,29-28-,30-25-,39-36-,47-44-. The first kappa shape index (κ1) is 68.7. The van der Waals surface area contributed by atoms with Crippen LogP contribution in [-0.4, -0.2) is 89.2 Å². The molecule has 12 heteroatoms. The van der Waals surface area contributed by atoms with Crippen molar-refractivity contribution < 1.29 is 58.2 Å². The highest BCUT2D eigenvalue weighted by Gasteiger charge is 2.50. The minimum absolute atomic E-state index is 0.0469. The first-order valence-electron chi connectivity index (χ1n) is 29.2. The predicted octanol–water partition coefficient (Wildman–Crippen LogP) is 14.9. The van der Waals surface area contributed by atoms with E-state index in [0.717, 1.165) is 103 Å². The molecule has 3 N–H and O–H groups in total. The SMILES string of the molecule is CC/C=C\C/C=C\C/C=C\C/C=C\C/C=C\CC(=O)OC(COC(=O)CCCCCCCC/C=C\C/C=C\C/C=C\CCCCC)COC1OC(C(=O)O)C(O)C(O)C1OC(=O)CCCCCCCCCCCCC. The van der Waals surface area contributed by atoms with E-state index >= 15 is 0 Å². The summed E-state index contributed by atoms with van der Waals surface area (Å²) in [5.41, 5.74) is 0. The van der Waals surface area contributed by atoms with E-state index in [1.165, 1.54) is 64.2 Å². The molecule has 1 aliphatic rings. The van der Waals surface area contributed by atoms with Crippen molar-refractivity contribution in [1.82, 2.24) is 0 Å². The first-order valence-corrected chi connectivity index (χ1v) is 29.2. The van der Waals surface area contributed by atoms with Crippen LogP contribution < -0.4 is 0 Å². The summed E-state index contributed by atoms with van der Waals surface area (Å²) in [6.45, 7) is 5.73. The van der Waals surface area contributed by atoms with Crippen LogP contribution in [0.25, 0.3) is 0 Å².